The maximum absolute atomic E-state index is 2.64. The van der Waals surface area contributed by atoms with E-state index in [1.54, 1.807) is 19.3 Å². The molecule has 4 rings (SSSR count). The topological polar surface area (TPSA) is 0 Å². The molecule has 0 spiro atoms. The van der Waals surface area contributed by atoms with Crippen LogP contribution < -0.4 is 0 Å². The van der Waals surface area contributed by atoms with Crippen LogP contribution in [-0.2, 0) is 0 Å². The maximum atomic E-state index is 2.64. The minimum absolute atomic E-state index is 0.707. The third-order valence-electron chi connectivity index (χ3n) is 8.01. The average Bonchev–Trinajstić information content (AvgIpc) is 2.75. The van der Waals surface area contributed by atoms with Crippen LogP contribution in [0.2, 0.25) is 4.59 Å². The van der Waals surface area contributed by atoms with Gasteiger partial charge in [0, 0.05) is 0 Å². The van der Waals surface area contributed by atoms with E-state index in [0.717, 1.165) is 34.2 Å². The molecule has 0 radical (unpaired) electrons. The van der Waals surface area contributed by atoms with Crippen molar-refractivity contribution in [3.63, 3.8) is 0 Å². The average molecular weight is 250 g/mol. The molecule has 0 aromatic heterocycles. The number of fused-ring (bicyclic) bond motifs is 5. The first kappa shape index (κ1) is 13.0. The summed E-state index contributed by atoms with van der Waals surface area (Å²) in [7, 11) is 0. The monoisotopic (exact) mass is 250 g/mol. The standard InChI is InChI=1S/C18H27.Li/c1-18-11-4-7-17(18)16-9-8-13-5-2-3-6-14(13)15(16)10-12-18;/h2-3,11,13-17H,4-10,12H2,1H3;/t13?,14-,15+,16+,17-,18-;/m0./s1. The summed E-state index contributed by atoms with van der Waals surface area (Å²) in [5, 5.41) is 0. The molecular weight excluding hydrogens is 223 g/mol. The Morgan fingerprint density at radius 2 is 1.74 bits per heavy atom. The summed E-state index contributed by atoms with van der Waals surface area (Å²) in [5.41, 5.74) is 0.707. The van der Waals surface area contributed by atoms with Crippen molar-refractivity contribution < 1.29 is 0 Å². The summed E-state index contributed by atoms with van der Waals surface area (Å²) in [6.07, 6.45) is 17.0. The molecule has 0 aliphatic heterocycles. The van der Waals surface area contributed by atoms with Crippen LogP contribution in [0.4, 0.5) is 0 Å². The number of rotatable bonds is 0. The van der Waals surface area contributed by atoms with Crippen molar-refractivity contribution in [1.29, 1.82) is 0 Å². The molecule has 0 bridgehead atoms. The minimum atomic E-state index is 0.707. The van der Waals surface area contributed by atoms with E-state index < -0.39 is 0 Å². The van der Waals surface area contributed by atoms with Crippen molar-refractivity contribution in [1.82, 2.24) is 0 Å². The van der Waals surface area contributed by atoms with Crippen LogP contribution in [-0.4, -0.2) is 17.7 Å². The summed E-state index contributed by atoms with van der Waals surface area (Å²) in [5.74, 6) is 5.37. The first-order valence-electron chi connectivity index (χ1n) is 8.85. The molecule has 3 saturated carbocycles. The van der Waals surface area contributed by atoms with Gasteiger partial charge >= 0.3 is 128 Å². The Hall–Kier alpha value is 0.337. The normalized spacial score (nSPS) is 56.4. The molecule has 0 saturated heterocycles. The van der Waals surface area contributed by atoms with Crippen LogP contribution >= 0.6 is 0 Å². The molecule has 0 nitrogen and oxygen atoms in total. The Morgan fingerprint density at radius 3 is 2.63 bits per heavy atom. The molecule has 3 fully saturated rings. The Morgan fingerprint density at radius 1 is 0.895 bits per heavy atom. The van der Waals surface area contributed by atoms with Crippen LogP contribution in [0.5, 0.6) is 0 Å². The van der Waals surface area contributed by atoms with E-state index in [2.05, 4.69) is 36.8 Å². The van der Waals surface area contributed by atoms with Crippen LogP contribution in [0, 0.1) is 35.0 Å². The van der Waals surface area contributed by atoms with Gasteiger partial charge in [-0.05, 0) is 0 Å². The van der Waals surface area contributed by atoms with E-state index in [1.165, 1.54) is 32.1 Å². The van der Waals surface area contributed by atoms with Gasteiger partial charge in [-0.15, -0.1) is 0 Å². The van der Waals surface area contributed by atoms with Gasteiger partial charge in [0.05, 0.1) is 0 Å². The molecule has 0 heterocycles. The Balaban J connectivity index is 1.61. The van der Waals surface area contributed by atoms with E-state index in [4.69, 9.17) is 0 Å². The third-order valence-corrected chi connectivity index (χ3v) is 8.01. The van der Waals surface area contributed by atoms with Gasteiger partial charge in [0.1, 0.15) is 0 Å². The predicted molar refractivity (Wildman–Crippen MR) is 81.1 cm³/mol. The fourth-order valence-corrected chi connectivity index (χ4v) is 6.68. The van der Waals surface area contributed by atoms with Crippen molar-refractivity contribution in [3.05, 3.63) is 12.2 Å². The molecule has 2 unspecified atom stereocenters. The zero-order valence-corrected chi connectivity index (χ0v) is 12.8. The molecule has 0 N–H and O–H groups in total. The van der Waals surface area contributed by atoms with Crippen molar-refractivity contribution in [3.8, 4) is 0 Å². The van der Waals surface area contributed by atoms with Crippen molar-refractivity contribution in [2.24, 2.45) is 35.0 Å². The SMILES string of the molecule is [Li][CH]1CC[C@H]2[C@@H]3CCC4CC=CC[C@@H]4[C@H]3CC[C@]12C. The van der Waals surface area contributed by atoms with Crippen LogP contribution in [0.1, 0.15) is 58.3 Å². The second-order valence-corrected chi connectivity index (χ2v) is 8.40. The second kappa shape index (κ2) is 4.67. The van der Waals surface area contributed by atoms with Crippen LogP contribution in [0.25, 0.3) is 0 Å². The van der Waals surface area contributed by atoms with Gasteiger partial charge in [-0.1, -0.05) is 0 Å². The number of hydrogen-bond acceptors (Lipinski definition) is 0. The van der Waals surface area contributed by atoms with E-state index in [1.807, 2.05) is 0 Å². The van der Waals surface area contributed by atoms with Crippen molar-refractivity contribution >= 4 is 17.7 Å². The van der Waals surface area contributed by atoms with Gasteiger partial charge < -0.3 is 0 Å². The molecule has 7 atom stereocenters. The Labute approximate surface area is 128 Å². The van der Waals surface area contributed by atoms with Gasteiger partial charge in [0.25, 0.3) is 0 Å². The third kappa shape index (κ3) is 1.86. The molecule has 1 heteroatoms. The fourth-order valence-electron chi connectivity index (χ4n) is 6.68. The van der Waals surface area contributed by atoms with Gasteiger partial charge in [-0.25, -0.2) is 0 Å². The second-order valence-electron chi connectivity index (χ2n) is 8.40. The molecule has 0 aromatic carbocycles. The Kier molecular flexibility index (Phi) is 3.21. The first-order chi connectivity index (χ1) is 9.20. The van der Waals surface area contributed by atoms with E-state index in [9.17, 15) is 0 Å². The van der Waals surface area contributed by atoms with E-state index >= 15 is 0 Å². The molecule has 4 aliphatic carbocycles. The molecule has 4 aliphatic rings. The predicted octanol–water partition coefficient (Wildman–Crippen LogP) is 4.76. The van der Waals surface area contributed by atoms with Gasteiger partial charge in [0.15, 0.2) is 0 Å². The summed E-state index contributed by atoms with van der Waals surface area (Å²) >= 11 is 2.54. The first-order valence-corrected chi connectivity index (χ1v) is 8.85. The van der Waals surface area contributed by atoms with Crippen molar-refractivity contribution in [2.75, 3.05) is 0 Å². The molecule has 0 amide bonds. The quantitative estimate of drug-likeness (QED) is 0.429. The van der Waals surface area contributed by atoms with Crippen LogP contribution in [0.15, 0.2) is 12.2 Å². The number of allylic oxidation sites excluding steroid dienone is 2. The van der Waals surface area contributed by atoms with Crippen LogP contribution in [0.3, 0.4) is 0 Å². The molecule has 19 heavy (non-hydrogen) atoms. The van der Waals surface area contributed by atoms with Crippen molar-refractivity contribution in [2.45, 2.75) is 62.9 Å². The van der Waals surface area contributed by atoms with Gasteiger partial charge in [0.2, 0.25) is 0 Å². The van der Waals surface area contributed by atoms with Gasteiger partial charge in [-0.2, -0.15) is 0 Å². The summed E-state index contributed by atoms with van der Waals surface area (Å²) in [4.78, 5) is 0. The molecule has 100 valence electrons. The molecular formula is C18H27Li. The fraction of sp³-hybridized carbons (Fsp3) is 0.889. The zero-order valence-electron chi connectivity index (χ0n) is 12.8. The van der Waals surface area contributed by atoms with E-state index in [0.29, 0.717) is 5.41 Å². The van der Waals surface area contributed by atoms with E-state index in [-0.39, 0.29) is 0 Å². The molecule has 0 aromatic rings. The van der Waals surface area contributed by atoms with Gasteiger partial charge in [-0.3, -0.25) is 0 Å². The zero-order chi connectivity index (χ0) is 13.0. The Bertz CT molecular complexity index is 387. The summed E-state index contributed by atoms with van der Waals surface area (Å²) in [6, 6.07) is 0. The number of hydrogen-bond donors (Lipinski definition) is 0. The summed E-state index contributed by atoms with van der Waals surface area (Å²) in [6.45, 7) is 2.64. The summed E-state index contributed by atoms with van der Waals surface area (Å²) < 4.78 is 0.988.